The average Bonchev–Trinajstić information content (AvgIpc) is 2.53. The number of carboxylic acid groups (broad SMARTS) is 1. The second kappa shape index (κ2) is 7.33. The normalized spacial score (nSPS) is 14.8. The predicted octanol–water partition coefficient (Wildman–Crippen LogP) is 1.35. The van der Waals surface area contributed by atoms with Crippen molar-refractivity contribution < 1.29 is 19.8 Å². The molecule has 1 aromatic carbocycles. The van der Waals surface area contributed by atoms with Crippen LogP contribution < -0.4 is 4.90 Å². The second-order valence-corrected chi connectivity index (χ2v) is 5.83. The lowest BCUT2D eigenvalue weighted by molar-refractivity contribution is 0.0697. The Morgan fingerprint density at radius 2 is 1.81 bits per heavy atom. The first kappa shape index (κ1) is 15.7. The van der Waals surface area contributed by atoms with Gasteiger partial charge in [-0.05, 0) is 24.3 Å². The fourth-order valence-corrected chi connectivity index (χ4v) is 3.05. The Hall–Kier alpha value is -1.73. The molecule has 7 heteroatoms. The number of carboxylic acids is 1. The van der Waals surface area contributed by atoms with Crippen molar-refractivity contribution in [1.82, 2.24) is 4.90 Å². The molecule has 2 amide bonds. The maximum absolute atomic E-state index is 12.5. The summed E-state index contributed by atoms with van der Waals surface area (Å²) in [7, 11) is 0. The summed E-state index contributed by atoms with van der Waals surface area (Å²) >= 11 is 1.82. The minimum atomic E-state index is -1.00. The summed E-state index contributed by atoms with van der Waals surface area (Å²) in [6.07, 6.45) is 0. The quantitative estimate of drug-likeness (QED) is 0.877. The third-order valence-corrected chi connectivity index (χ3v) is 4.20. The second-order valence-electron chi connectivity index (χ2n) is 4.61. The Morgan fingerprint density at radius 1 is 1.19 bits per heavy atom. The van der Waals surface area contributed by atoms with Gasteiger partial charge in [0, 0.05) is 30.3 Å². The average molecular weight is 310 g/mol. The molecule has 21 heavy (non-hydrogen) atoms. The summed E-state index contributed by atoms with van der Waals surface area (Å²) in [6.45, 7) is 1.43. The summed E-state index contributed by atoms with van der Waals surface area (Å²) in [4.78, 5) is 26.6. The van der Waals surface area contributed by atoms with Gasteiger partial charge in [-0.2, -0.15) is 11.8 Å². The number of nitrogens with zero attached hydrogens (tertiary/aromatic N) is 2. The molecule has 114 valence electrons. The Morgan fingerprint density at radius 3 is 2.33 bits per heavy atom. The Balaban J connectivity index is 2.16. The van der Waals surface area contributed by atoms with Crippen LogP contribution in [0.25, 0.3) is 0 Å². The van der Waals surface area contributed by atoms with E-state index in [1.807, 2.05) is 11.8 Å². The monoisotopic (exact) mass is 310 g/mol. The van der Waals surface area contributed by atoms with Gasteiger partial charge >= 0.3 is 12.0 Å². The summed E-state index contributed by atoms with van der Waals surface area (Å²) in [5.74, 6) is 0.822. The number of carbonyl (C=O) groups is 2. The van der Waals surface area contributed by atoms with Crippen molar-refractivity contribution in [2.24, 2.45) is 0 Å². The molecule has 6 nitrogen and oxygen atoms in total. The van der Waals surface area contributed by atoms with Gasteiger partial charge in [0.2, 0.25) is 0 Å². The van der Waals surface area contributed by atoms with Gasteiger partial charge < -0.3 is 15.1 Å². The van der Waals surface area contributed by atoms with Gasteiger partial charge in [0.25, 0.3) is 0 Å². The number of benzene rings is 1. The van der Waals surface area contributed by atoms with Crippen LogP contribution in [0, 0.1) is 0 Å². The molecule has 0 radical (unpaired) electrons. The van der Waals surface area contributed by atoms with E-state index in [9.17, 15) is 14.7 Å². The van der Waals surface area contributed by atoms with Crippen LogP contribution in [0.5, 0.6) is 0 Å². The van der Waals surface area contributed by atoms with Crippen LogP contribution in [0.3, 0.4) is 0 Å². The first-order valence-corrected chi connectivity index (χ1v) is 7.87. The Labute approximate surface area is 127 Å². The van der Waals surface area contributed by atoms with E-state index in [0.29, 0.717) is 18.8 Å². The molecule has 0 spiro atoms. The van der Waals surface area contributed by atoms with Crippen molar-refractivity contribution in [2.75, 3.05) is 42.6 Å². The van der Waals surface area contributed by atoms with Crippen molar-refractivity contribution in [3.63, 3.8) is 0 Å². The Bertz CT molecular complexity index is 500. The van der Waals surface area contributed by atoms with Gasteiger partial charge in [0.05, 0.1) is 18.7 Å². The van der Waals surface area contributed by atoms with E-state index in [0.717, 1.165) is 11.5 Å². The lowest BCUT2D eigenvalue weighted by Crippen LogP contribution is -2.47. The van der Waals surface area contributed by atoms with Crippen molar-refractivity contribution >= 4 is 29.4 Å². The number of hydrogen-bond acceptors (Lipinski definition) is 4. The zero-order valence-electron chi connectivity index (χ0n) is 11.6. The van der Waals surface area contributed by atoms with E-state index in [1.165, 1.54) is 17.0 Å². The predicted molar refractivity (Wildman–Crippen MR) is 82.1 cm³/mol. The highest BCUT2D eigenvalue weighted by Gasteiger charge is 2.23. The maximum Gasteiger partial charge on any atom is 0.335 e. The largest absolute Gasteiger partial charge is 0.478 e. The molecular formula is C14H18N2O4S. The van der Waals surface area contributed by atoms with Crippen LogP contribution in [0.15, 0.2) is 24.3 Å². The standard InChI is InChI=1S/C14H18N2O4S/c17-8-5-16(14(20)15-6-9-21-10-7-15)12-3-1-11(2-4-12)13(18)19/h1-4,17H,5-10H2,(H,18,19). The number of hydrogen-bond donors (Lipinski definition) is 2. The topological polar surface area (TPSA) is 81.1 Å². The molecule has 1 fully saturated rings. The van der Waals surface area contributed by atoms with Crippen LogP contribution in [0.2, 0.25) is 0 Å². The van der Waals surface area contributed by atoms with Gasteiger partial charge in [0.15, 0.2) is 0 Å². The lowest BCUT2D eigenvalue weighted by Gasteiger charge is -2.32. The summed E-state index contributed by atoms with van der Waals surface area (Å²) < 4.78 is 0. The third kappa shape index (κ3) is 3.89. The molecule has 0 aromatic heterocycles. The molecule has 2 rings (SSSR count). The molecule has 0 aliphatic carbocycles. The molecule has 1 aromatic rings. The van der Waals surface area contributed by atoms with E-state index < -0.39 is 5.97 Å². The number of aromatic carboxylic acids is 1. The van der Waals surface area contributed by atoms with Crippen LogP contribution in [0.4, 0.5) is 10.5 Å². The highest BCUT2D eigenvalue weighted by Crippen LogP contribution is 2.19. The van der Waals surface area contributed by atoms with Gasteiger partial charge in [-0.25, -0.2) is 9.59 Å². The Kier molecular flexibility index (Phi) is 5.46. The minimum absolute atomic E-state index is 0.144. The highest BCUT2D eigenvalue weighted by atomic mass is 32.2. The fraction of sp³-hybridized carbons (Fsp3) is 0.429. The summed E-state index contributed by atoms with van der Waals surface area (Å²) in [6, 6.07) is 5.96. The molecule has 2 N–H and O–H groups in total. The van der Waals surface area contributed by atoms with Crippen LogP contribution in [0.1, 0.15) is 10.4 Å². The van der Waals surface area contributed by atoms with Gasteiger partial charge in [-0.1, -0.05) is 0 Å². The van der Waals surface area contributed by atoms with Crippen molar-refractivity contribution in [3.8, 4) is 0 Å². The minimum Gasteiger partial charge on any atom is -0.478 e. The van der Waals surface area contributed by atoms with Crippen molar-refractivity contribution in [1.29, 1.82) is 0 Å². The molecule has 0 saturated carbocycles. The number of amides is 2. The number of aliphatic hydroxyl groups excluding tert-OH is 1. The van der Waals surface area contributed by atoms with E-state index in [4.69, 9.17) is 5.11 Å². The van der Waals surface area contributed by atoms with Gasteiger partial charge in [-0.15, -0.1) is 0 Å². The fourth-order valence-electron chi connectivity index (χ4n) is 2.14. The van der Waals surface area contributed by atoms with Crippen LogP contribution >= 0.6 is 11.8 Å². The SMILES string of the molecule is O=C(O)c1ccc(N(CCO)C(=O)N2CCSCC2)cc1. The number of urea groups is 1. The van der Waals surface area contributed by atoms with Crippen LogP contribution in [-0.4, -0.2) is 64.9 Å². The smallest absolute Gasteiger partial charge is 0.335 e. The zero-order valence-corrected chi connectivity index (χ0v) is 12.4. The highest BCUT2D eigenvalue weighted by molar-refractivity contribution is 7.99. The third-order valence-electron chi connectivity index (χ3n) is 3.26. The summed E-state index contributed by atoms with van der Waals surface area (Å²) in [5, 5.41) is 18.1. The molecule has 0 bridgehead atoms. The van der Waals surface area contributed by atoms with E-state index in [-0.39, 0.29) is 24.7 Å². The molecule has 1 heterocycles. The van der Waals surface area contributed by atoms with Crippen molar-refractivity contribution in [2.45, 2.75) is 0 Å². The molecule has 0 atom stereocenters. The molecule has 1 aliphatic heterocycles. The van der Waals surface area contributed by atoms with E-state index in [2.05, 4.69) is 0 Å². The molecule has 0 unspecified atom stereocenters. The van der Waals surface area contributed by atoms with E-state index in [1.54, 1.807) is 17.0 Å². The zero-order chi connectivity index (χ0) is 15.2. The number of anilines is 1. The molecule has 1 saturated heterocycles. The number of thioether (sulfide) groups is 1. The first-order valence-electron chi connectivity index (χ1n) is 6.72. The maximum atomic E-state index is 12.5. The van der Waals surface area contributed by atoms with Crippen LogP contribution in [-0.2, 0) is 0 Å². The number of aliphatic hydroxyl groups is 1. The first-order chi connectivity index (χ1) is 10.1. The van der Waals surface area contributed by atoms with Gasteiger partial charge in [0.1, 0.15) is 0 Å². The van der Waals surface area contributed by atoms with Gasteiger partial charge in [-0.3, -0.25) is 4.90 Å². The summed E-state index contributed by atoms with van der Waals surface area (Å²) in [5.41, 5.74) is 0.766. The molecular weight excluding hydrogens is 292 g/mol. The number of rotatable bonds is 4. The lowest BCUT2D eigenvalue weighted by atomic mass is 10.2. The van der Waals surface area contributed by atoms with E-state index >= 15 is 0 Å². The molecule has 1 aliphatic rings. The number of carbonyl (C=O) groups excluding carboxylic acids is 1. The van der Waals surface area contributed by atoms with Crippen molar-refractivity contribution in [3.05, 3.63) is 29.8 Å².